The number of hydrogen-bond donors (Lipinski definition) is 1. The molecular formula is C11H9ClFNO. The summed E-state index contributed by atoms with van der Waals surface area (Å²) in [5, 5.41) is 0.319. The van der Waals surface area contributed by atoms with Crippen LogP contribution < -0.4 is 5.73 Å². The molecule has 0 aliphatic carbocycles. The summed E-state index contributed by atoms with van der Waals surface area (Å²) in [5.41, 5.74) is 6.44. The highest BCUT2D eigenvalue weighted by Gasteiger charge is 2.07. The van der Waals surface area contributed by atoms with E-state index < -0.39 is 5.82 Å². The maximum absolute atomic E-state index is 13.1. The van der Waals surface area contributed by atoms with Crippen LogP contribution in [0.3, 0.4) is 0 Å². The van der Waals surface area contributed by atoms with Crippen LogP contribution in [0.25, 0.3) is 0 Å². The summed E-state index contributed by atoms with van der Waals surface area (Å²) >= 11 is 5.63. The van der Waals surface area contributed by atoms with E-state index in [0.717, 1.165) is 0 Å². The first-order chi connectivity index (χ1) is 7.16. The van der Waals surface area contributed by atoms with E-state index in [4.69, 9.17) is 21.8 Å². The second-order valence-electron chi connectivity index (χ2n) is 3.20. The molecule has 78 valence electrons. The molecule has 0 atom stereocenters. The van der Waals surface area contributed by atoms with Crippen molar-refractivity contribution < 1.29 is 8.81 Å². The van der Waals surface area contributed by atoms with Gasteiger partial charge in [0.05, 0.1) is 5.69 Å². The topological polar surface area (TPSA) is 39.2 Å². The van der Waals surface area contributed by atoms with E-state index in [-0.39, 0.29) is 5.69 Å². The van der Waals surface area contributed by atoms with Crippen molar-refractivity contribution in [3.8, 4) is 0 Å². The van der Waals surface area contributed by atoms with Crippen molar-refractivity contribution in [2.24, 2.45) is 0 Å². The van der Waals surface area contributed by atoms with E-state index in [1.165, 1.54) is 6.07 Å². The highest BCUT2D eigenvalue weighted by atomic mass is 35.5. The van der Waals surface area contributed by atoms with Crippen molar-refractivity contribution in [3.05, 3.63) is 52.7 Å². The van der Waals surface area contributed by atoms with Crippen LogP contribution in [0.4, 0.5) is 10.1 Å². The van der Waals surface area contributed by atoms with Gasteiger partial charge in [0.1, 0.15) is 11.6 Å². The molecule has 0 aliphatic heterocycles. The van der Waals surface area contributed by atoms with Crippen LogP contribution >= 0.6 is 11.6 Å². The molecule has 0 spiro atoms. The van der Waals surface area contributed by atoms with Crippen LogP contribution in [0.15, 0.2) is 34.7 Å². The van der Waals surface area contributed by atoms with Gasteiger partial charge in [-0.3, -0.25) is 0 Å². The summed E-state index contributed by atoms with van der Waals surface area (Å²) in [6.45, 7) is 0. The molecule has 0 saturated carbocycles. The van der Waals surface area contributed by atoms with Gasteiger partial charge >= 0.3 is 0 Å². The lowest BCUT2D eigenvalue weighted by atomic mass is 10.1. The number of nitrogen functional groups attached to an aromatic ring is 1. The van der Waals surface area contributed by atoms with Crippen molar-refractivity contribution in [3.63, 3.8) is 0 Å². The van der Waals surface area contributed by atoms with Crippen LogP contribution in [0.5, 0.6) is 0 Å². The average molecular weight is 226 g/mol. The molecule has 1 aromatic carbocycles. The summed E-state index contributed by atoms with van der Waals surface area (Å²) in [6.07, 6.45) is 0.441. The Balaban J connectivity index is 2.28. The number of hydrogen-bond acceptors (Lipinski definition) is 2. The third-order valence-corrected chi connectivity index (χ3v) is 2.34. The van der Waals surface area contributed by atoms with E-state index in [2.05, 4.69) is 0 Å². The smallest absolute Gasteiger partial charge is 0.193 e. The van der Waals surface area contributed by atoms with Gasteiger partial charge < -0.3 is 10.2 Å². The Morgan fingerprint density at radius 1 is 1.27 bits per heavy atom. The van der Waals surface area contributed by atoms with Gasteiger partial charge in [0.25, 0.3) is 0 Å². The fourth-order valence-electron chi connectivity index (χ4n) is 1.37. The standard InChI is InChI=1S/C11H9ClFNO/c12-10-5-4-8(15-10)6-7-2-1-3-9(13)11(7)14/h1-5H,6,14H2. The minimum absolute atomic E-state index is 0.157. The molecule has 0 amide bonds. The van der Waals surface area contributed by atoms with Crippen molar-refractivity contribution in [1.82, 2.24) is 0 Å². The molecule has 0 bridgehead atoms. The number of rotatable bonds is 2. The third kappa shape index (κ3) is 2.13. The minimum atomic E-state index is -0.412. The van der Waals surface area contributed by atoms with Crippen LogP contribution in [0.1, 0.15) is 11.3 Å². The average Bonchev–Trinajstić information content (AvgIpc) is 2.59. The maximum atomic E-state index is 13.1. The van der Waals surface area contributed by atoms with Crippen molar-refractivity contribution >= 4 is 17.3 Å². The molecule has 2 N–H and O–H groups in total. The van der Waals surface area contributed by atoms with Gasteiger partial charge in [-0.2, -0.15) is 0 Å². The van der Waals surface area contributed by atoms with Gasteiger partial charge in [-0.05, 0) is 35.4 Å². The van der Waals surface area contributed by atoms with Gasteiger partial charge in [-0.1, -0.05) is 12.1 Å². The molecule has 0 unspecified atom stereocenters. The molecule has 2 aromatic rings. The lowest BCUT2D eigenvalue weighted by Crippen LogP contribution is -1.97. The normalized spacial score (nSPS) is 10.5. The van der Waals surface area contributed by atoms with E-state index in [1.807, 2.05) is 0 Å². The minimum Gasteiger partial charge on any atom is -0.449 e. The molecular weight excluding hydrogens is 217 g/mol. The maximum Gasteiger partial charge on any atom is 0.193 e. The zero-order valence-electron chi connectivity index (χ0n) is 7.84. The third-order valence-electron chi connectivity index (χ3n) is 2.14. The number of anilines is 1. The summed E-state index contributed by atoms with van der Waals surface area (Å²) in [7, 11) is 0. The molecule has 2 nitrogen and oxygen atoms in total. The first-order valence-electron chi connectivity index (χ1n) is 4.44. The predicted octanol–water partition coefficient (Wildman–Crippen LogP) is 3.25. The highest BCUT2D eigenvalue weighted by molar-refractivity contribution is 6.28. The van der Waals surface area contributed by atoms with E-state index in [0.29, 0.717) is 23.0 Å². The predicted molar refractivity (Wildman–Crippen MR) is 57.3 cm³/mol. The first kappa shape index (κ1) is 10.1. The fourth-order valence-corrected chi connectivity index (χ4v) is 1.53. The van der Waals surface area contributed by atoms with Gasteiger partial charge in [0.15, 0.2) is 5.22 Å². The first-order valence-corrected chi connectivity index (χ1v) is 4.81. The number of furan rings is 1. The zero-order chi connectivity index (χ0) is 10.8. The van der Waals surface area contributed by atoms with Gasteiger partial charge in [0, 0.05) is 6.42 Å². The summed E-state index contributed by atoms with van der Waals surface area (Å²) in [5.74, 6) is 0.252. The molecule has 0 fully saturated rings. The van der Waals surface area contributed by atoms with Crippen LogP contribution in [0.2, 0.25) is 5.22 Å². The summed E-state index contributed by atoms with van der Waals surface area (Å²) in [4.78, 5) is 0. The molecule has 0 radical (unpaired) electrons. The van der Waals surface area contributed by atoms with Crippen LogP contribution in [0, 0.1) is 5.82 Å². The van der Waals surface area contributed by atoms with Crippen LogP contribution in [-0.4, -0.2) is 0 Å². The van der Waals surface area contributed by atoms with Crippen molar-refractivity contribution in [2.75, 3.05) is 5.73 Å². The summed E-state index contributed by atoms with van der Waals surface area (Å²) < 4.78 is 18.3. The Bertz CT molecular complexity index is 481. The second-order valence-corrected chi connectivity index (χ2v) is 3.57. The Morgan fingerprint density at radius 3 is 2.73 bits per heavy atom. The van der Waals surface area contributed by atoms with Gasteiger partial charge in [-0.15, -0.1) is 0 Å². The van der Waals surface area contributed by atoms with Gasteiger partial charge in [0.2, 0.25) is 0 Å². The largest absolute Gasteiger partial charge is 0.449 e. The Hall–Kier alpha value is -1.48. The Labute approximate surface area is 91.5 Å². The van der Waals surface area contributed by atoms with E-state index >= 15 is 0 Å². The molecule has 0 saturated heterocycles. The summed E-state index contributed by atoms with van der Waals surface area (Å²) in [6, 6.07) is 8.09. The molecule has 1 heterocycles. The Kier molecular flexibility index (Phi) is 2.64. The van der Waals surface area contributed by atoms with Crippen molar-refractivity contribution in [2.45, 2.75) is 6.42 Å². The van der Waals surface area contributed by atoms with E-state index in [1.54, 1.807) is 24.3 Å². The number of para-hydroxylation sites is 1. The second kappa shape index (κ2) is 3.95. The molecule has 4 heteroatoms. The molecule has 2 rings (SSSR count). The molecule has 15 heavy (non-hydrogen) atoms. The van der Waals surface area contributed by atoms with E-state index in [9.17, 15) is 4.39 Å². The monoisotopic (exact) mass is 225 g/mol. The fraction of sp³-hybridized carbons (Fsp3) is 0.0909. The van der Waals surface area contributed by atoms with Gasteiger partial charge in [-0.25, -0.2) is 4.39 Å². The highest BCUT2D eigenvalue weighted by Crippen LogP contribution is 2.21. The molecule has 0 aliphatic rings. The van der Waals surface area contributed by atoms with Crippen molar-refractivity contribution in [1.29, 1.82) is 0 Å². The number of benzene rings is 1. The lowest BCUT2D eigenvalue weighted by Gasteiger charge is -2.03. The quantitative estimate of drug-likeness (QED) is 0.797. The number of halogens is 2. The Morgan fingerprint density at radius 2 is 2.07 bits per heavy atom. The van der Waals surface area contributed by atoms with Crippen LogP contribution in [-0.2, 0) is 6.42 Å². The SMILES string of the molecule is Nc1c(F)cccc1Cc1ccc(Cl)o1. The lowest BCUT2D eigenvalue weighted by molar-refractivity contribution is 0.522. The number of nitrogens with two attached hydrogens (primary N) is 1. The molecule has 1 aromatic heterocycles. The zero-order valence-corrected chi connectivity index (χ0v) is 8.59.